The van der Waals surface area contributed by atoms with E-state index in [1.54, 1.807) is 0 Å². The number of carbonyl (C=O) groups is 1. The van der Waals surface area contributed by atoms with E-state index in [-0.39, 0.29) is 6.04 Å². The van der Waals surface area contributed by atoms with E-state index in [9.17, 15) is 4.79 Å². The number of carboxylic acid groups (broad SMARTS) is 1. The molecule has 0 aliphatic heterocycles. The Balaban J connectivity index is 2.30. The zero-order valence-corrected chi connectivity index (χ0v) is 11.1. The molecular formula is C13H26N2O2. The van der Waals surface area contributed by atoms with Gasteiger partial charge >= 0.3 is 5.97 Å². The predicted octanol–water partition coefficient (Wildman–Crippen LogP) is 1.70. The minimum absolute atomic E-state index is 0.386. The molecular weight excluding hydrogens is 216 g/mol. The summed E-state index contributed by atoms with van der Waals surface area (Å²) in [6.45, 7) is 6.90. The van der Waals surface area contributed by atoms with Crippen LogP contribution >= 0.6 is 0 Å². The van der Waals surface area contributed by atoms with E-state index in [1.807, 2.05) is 6.92 Å². The summed E-state index contributed by atoms with van der Waals surface area (Å²) in [5.41, 5.74) is 0. The number of hydrogen-bond acceptors (Lipinski definition) is 3. The molecule has 0 spiro atoms. The van der Waals surface area contributed by atoms with Gasteiger partial charge in [-0.15, -0.1) is 0 Å². The molecule has 2 N–H and O–H groups in total. The molecule has 0 aromatic heterocycles. The van der Waals surface area contributed by atoms with Crippen LogP contribution in [0.3, 0.4) is 0 Å². The van der Waals surface area contributed by atoms with Gasteiger partial charge in [-0.2, -0.15) is 0 Å². The highest BCUT2D eigenvalue weighted by molar-refractivity contribution is 5.73. The zero-order valence-electron chi connectivity index (χ0n) is 11.1. The SMILES string of the molecule is CCCCN(CCC(NCC)C(=O)O)C1CC1. The molecule has 1 rings (SSSR count). The largest absolute Gasteiger partial charge is 0.480 e. The summed E-state index contributed by atoms with van der Waals surface area (Å²) in [6, 6.07) is 0.348. The second-order valence-electron chi connectivity index (χ2n) is 4.86. The van der Waals surface area contributed by atoms with Crippen LogP contribution in [0.4, 0.5) is 0 Å². The number of unbranched alkanes of at least 4 members (excludes halogenated alkanes) is 1. The fraction of sp³-hybridized carbons (Fsp3) is 0.923. The first-order chi connectivity index (χ1) is 8.19. The molecule has 4 heteroatoms. The lowest BCUT2D eigenvalue weighted by Gasteiger charge is -2.23. The molecule has 0 amide bonds. The highest BCUT2D eigenvalue weighted by atomic mass is 16.4. The fourth-order valence-electron chi connectivity index (χ4n) is 2.13. The summed E-state index contributed by atoms with van der Waals surface area (Å²) in [5.74, 6) is -0.724. The molecule has 1 aliphatic carbocycles. The smallest absolute Gasteiger partial charge is 0.320 e. The van der Waals surface area contributed by atoms with Gasteiger partial charge in [0.15, 0.2) is 0 Å². The van der Waals surface area contributed by atoms with Crippen LogP contribution in [0.5, 0.6) is 0 Å². The zero-order chi connectivity index (χ0) is 12.7. The molecule has 17 heavy (non-hydrogen) atoms. The van der Waals surface area contributed by atoms with Gasteiger partial charge in [0.05, 0.1) is 0 Å². The fourth-order valence-corrected chi connectivity index (χ4v) is 2.13. The molecule has 1 unspecified atom stereocenters. The van der Waals surface area contributed by atoms with Crippen LogP contribution in [-0.2, 0) is 4.79 Å². The van der Waals surface area contributed by atoms with Crippen molar-refractivity contribution in [2.24, 2.45) is 0 Å². The lowest BCUT2D eigenvalue weighted by atomic mass is 10.2. The Morgan fingerprint density at radius 2 is 2.12 bits per heavy atom. The molecule has 0 aromatic rings. The van der Waals surface area contributed by atoms with Gasteiger partial charge in [-0.25, -0.2) is 0 Å². The molecule has 100 valence electrons. The van der Waals surface area contributed by atoms with Crippen molar-refractivity contribution in [3.63, 3.8) is 0 Å². The first-order valence-corrected chi connectivity index (χ1v) is 6.89. The molecule has 1 atom stereocenters. The van der Waals surface area contributed by atoms with Gasteiger partial charge in [0, 0.05) is 12.6 Å². The number of nitrogens with one attached hydrogen (secondary N) is 1. The van der Waals surface area contributed by atoms with Crippen molar-refractivity contribution in [3.05, 3.63) is 0 Å². The van der Waals surface area contributed by atoms with E-state index in [2.05, 4.69) is 17.1 Å². The molecule has 0 aromatic carbocycles. The van der Waals surface area contributed by atoms with Gasteiger partial charge in [0.2, 0.25) is 0 Å². The first-order valence-electron chi connectivity index (χ1n) is 6.89. The van der Waals surface area contributed by atoms with Crippen LogP contribution in [0, 0.1) is 0 Å². The van der Waals surface area contributed by atoms with Crippen molar-refractivity contribution in [1.29, 1.82) is 0 Å². The maximum Gasteiger partial charge on any atom is 0.320 e. The summed E-state index contributed by atoms with van der Waals surface area (Å²) in [6.07, 6.45) is 5.73. The third-order valence-corrected chi connectivity index (χ3v) is 3.32. The normalized spacial score (nSPS) is 17.4. The minimum Gasteiger partial charge on any atom is -0.480 e. The molecule has 0 radical (unpaired) electrons. The van der Waals surface area contributed by atoms with E-state index < -0.39 is 5.97 Å². The molecule has 4 nitrogen and oxygen atoms in total. The number of likely N-dealkylation sites (N-methyl/N-ethyl adjacent to an activating group) is 1. The lowest BCUT2D eigenvalue weighted by Crippen LogP contribution is -2.40. The number of hydrogen-bond donors (Lipinski definition) is 2. The van der Waals surface area contributed by atoms with E-state index in [0.29, 0.717) is 6.42 Å². The predicted molar refractivity (Wildman–Crippen MR) is 69.2 cm³/mol. The quantitative estimate of drug-likeness (QED) is 0.612. The Morgan fingerprint density at radius 1 is 1.41 bits per heavy atom. The minimum atomic E-state index is -0.724. The highest BCUT2D eigenvalue weighted by Gasteiger charge is 2.29. The third kappa shape index (κ3) is 5.50. The van der Waals surface area contributed by atoms with Crippen molar-refractivity contribution >= 4 is 5.97 Å². The number of nitrogens with zero attached hydrogens (tertiary/aromatic N) is 1. The first kappa shape index (κ1) is 14.5. The molecule has 1 fully saturated rings. The van der Waals surface area contributed by atoms with E-state index in [0.717, 1.165) is 25.7 Å². The van der Waals surface area contributed by atoms with Gasteiger partial charge in [-0.3, -0.25) is 4.79 Å². The Bertz CT molecular complexity index is 229. The molecule has 0 saturated heterocycles. The Morgan fingerprint density at radius 3 is 2.59 bits per heavy atom. The van der Waals surface area contributed by atoms with Crippen LogP contribution in [-0.4, -0.2) is 47.7 Å². The average Bonchev–Trinajstić information content (AvgIpc) is 3.11. The average molecular weight is 242 g/mol. The second-order valence-corrected chi connectivity index (χ2v) is 4.86. The maximum atomic E-state index is 11.0. The number of aliphatic carboxylic acids is 1. The maximum absolute atomic E-state index is 11.0. The summed E-state index contributed by atoms with van der Waals surface area (Å²) >= 11 is 0. The standard InChI is InChI=1S/C13H26N2O2/c1-3-5-9-15(11-6-7-11)10-8-12(13(16)17)14-4-2/h11-12,14H,3-10H2,1-2H3,(H,16,17). The highest BCUT2D eigenvalue weighted by Crippen LogP contribution is 2.27. The summed E-state index contributed by atoms with van der Waals surface area (Å²) in [7, 11) is 0. The summed E-state index contributed by atoms with van der Waals surface area (Å²) < 4.78 is 0. The molecule has 1 saturated carbocycles. The van der Waals surface area contributed by atoms with Crippen LogP contribution in [0.25, 0.3) is 0 Å². The molecule has 0 heterocycles. The van der Waals surface area contributed by atoms with Crippen molar-refractivity contribution in [1.82, 2.24) is 10.2 Å². The van der Waals surface area contributed by atoms with Gasteiger partial charge in [-0.1, -0.05) is 20.3 Å². The van der Waals surface area contributed by atoms with Crippen molar-refractivity contribution in [3.8, 4) is 0 Å². The van der Waals surface area contributed by atoms with E-state index in [4.69, 9.17) is 5.11 Å². The van der Waals surface area contributed by atoms with Gasteiger partial charge in [0.1, 0.15) is 6.04 Å². The van der Waals surface area contributed by atoms with Crippen LogP contribution in [0.2, 0.25) is 0 Å². The van der Waals surface area contributed by atoms with E-state index in [1.165, 1.54) is 25.7 Å². The van der Waals surface area contributed by atoms with Crippen LogP contribution in [0.1, 0.15) is 46.0 Å². The van der Waals surface area contributed by atoms with Crippen LogP contribution < -0.4 is 5.32 Å². The summed E-state index contributed by atoms with van der Waals surface area (Å²) in [5, 5.41) is 12.1. The van der Waals surface area contributed by atoms with Crippen LogP contribution in [0.15, 0.2) is 0 Å². The van der Waals surface area contributed by atoms with Crippen molar-refractivity contribution in [2.45, 2.75) is 58.0 Å². The molecule has 0 bridgehead atoms. The second kappa shape index (κ2) is 7.67. The van der Waals surface area contributed by atoms with E-state index >= 15 is 0 Å². The lowest BCUT2D eigenvalue weighted by molar-refractivity contribution is -0.139. The Hall–Kier alpha value is -0.610. The Kier molecular flexibility index (Phi) is 6.52. The van der Waals surface area contributed by atoms with Gasteiger partial charge in [0.25, 0.3) is 0 Å². The third-order valence-electron chi connectivity index (χ3n) is 3.32. The molecule has 1 aliphatic rings. The van der Waals surface area contributed by atoms with Crippen molar-refractivity contribution in [2.75, 3.05) is 19.6 Å². The topological polar surface area (TPSA) is 52.6 Å². The van der Waals surface area contributed by atoms with Crippen molar-refractivity contribution < 1.29 is 9.90 Å². The van der Waals surface area contributed by atoms with Gasteiger partial charge < -0.3 is 15.3 Å². The Labute approximate surface area is 104 Å². The monoisotopic (exact) mass is 242 g/mol. The number of rotatable bonds is 10. The number of carboxylic acids is 1. The summed E-state index contributed by atoms with van der Waals surface area (Å²) in [4.78, 5) is 13.5. The van der Waals surface area contributed by atoms with Gasteiger partial charge in [-0.05, 0) is 38.8 Å².